The largest absolute Gasteiger partial charge is 0.486 e. The van der Waals surface area contributed by atoms with E-state index in [0.717, 1.165) is 0 Å². The summed E-state index contributed by atoms with van der Waals surface area (Å²) in [5.74, 6) is 0.635. The van der Waals surface area contributed by atoms with Gasteiger partial charge in [-0.15, -0.1) is 0 Å². The highest BCUT2D eigenvalue weighted by Gasteiger charge is 2.26. The standard InChI is InChI=1S/C21H25FN2O5S2/c1-30-13-9-18(21(25)23-10-8-15-4-2-3-5-17(15)22)24-31(26,27)16-6-7-19-20(14-16)29-12-11-28-19/h2-7,14,18,24H,8-13H2,1H3,(H,23,25). The average molecular weight is 469 g/mol. The molecule has 0 saturated carbocycles. The molecule has 1 aliphatic rings. The van der Waals surface area contributed by atoms with E-state index < -0.39 is 22.0 Å². The molecular formula is C21H25FN2O5S2. The van der Waals surface area contributed by atoms with Gasteiger partial charge >= 0.3 is 0 Å². The fourth-order valence-corrected chi connectivity index (χ4v) is 4.79. The second-order valence-corrected chi connectivity index (χ2v) is 9.59. The fourth-order valence-electron chi connectivity index (χ4n) is 3.07. The maximum atomic E-state index is 13.7. The SMILES string of the molecule is CSCCC(NS(=O)(=O)c1ccc2c(c1)OCCO2)C(=O)NCCc1ccccc1F. The third kappa shape index (κ3) is 6.34. The van der Waals surface area contributed by atoms with Gasteiger partial charge in [-0.05, 0) is 48.6 Å². The molecule has 10 heteroatoms. The number of sulfonamides is 1. The molecule has 3 rings (SSSR count). The molecule has 0 aliphatic carbocycles. The van der Waals surface area contributed by atoms with E-state index in [9.17, 15) is 17.6 Å². The quantitative estimate of drug-likeness (QED) is 0.556. The van der Waals surface area contributed by atoms with Crippen molar-refractivity contribution in [2.24, 2.45) is 0 Å². The summed E-state index contributed by atoms with van der Waals surface area (Å²) in [4.78, 5) is 12.7. The molecule has 0 fully saturated rings. The summed E-state index contributed by atoms with van der Waals surface area (Å²) in [6.07, 6.45) is 2.50. The van der Waals surface area contributed by atoms with E-state index >= 15 is 0 Å². The van der Waals surface area contributed by atoms with Crippen LogP contribution in [0, 0.1) is 5.82 Å². The van der Waals surface area contributed by atoms with E-state index in [1.165, 1.54) is 36.0 Å². The van der Waals surface area contributed by atoms with Crippen LogP contribution in [0.2, 0.25) is 0 Å². The number of ether oxygens (including phenoxy) is 2. The number of amides is 1. The predicted molar refractivity (Wildman–Crippen MR) is 118 cm³/mol. The lowest BCUT2D eigenvalue weighted by Crippen LogP contribution is -2.47. The predicted octanol–water partition coefficient (Wildman–Crippen LogP) is 2.36. The second kappa shape index (κ2) is 10.8. The molecule has 2 aromatic rings. The number of rotatable bonds is 10. The number of hydrogen-bond donors (Lipinski definition) is 2. The number of fused-ring (bicyclic) bond motifs is 1. The fraction of sp³-hybridized carbons (Fsp3) is 0.381. The summed E-state index contributed by atoms with van der Waals surface area (Å²) in [7, 11) is -3.97. The number of nitrogens with one attached hydrogen (secondary N) is 2. The van der Waals surface area contributed by atoms with Crippen LogP contribution in [0.5, 0.6) is 11.5 Å². The first-order valence-electron chi connectivity index (χ1n) is 9.83. The Labute approximate surface area is 185 Å². The van der Waals surface area contributed by atoms with Crippen LogP contribution in [-0.2, 0) is 21.2 Å². The smallest absolute Gasteiger partial charge is 0.241 e. The van der Waals surface area contributed by atoms with Gasteiger partial charge in [0.05, 0.1) is 4.90 Å². The van der Waals surface area contributed by atoms with Gasteiger partial charge in [-0.25, -0.2) is 12.8 Å². The number of hydrogen-bond acceptors (Lipinski definition) is 6. The van der Waals surface area contributed by atoms with Crippen molar-refractivity contribution in [3.05, 3.63) is 53.8 Å². The Balaban J connectivity index is 1.66. The van der Waals surface area contributed by atoms with Gasteiger partial charge in [-0.3, -0.25) is 4.79 Å². The zero-order chi connectivity index (χ0) is 22.3. The number of halogens is 1. The summed E-state index contributed by atoms with van der Waals surface area (Å²) in [5, 5.41) is 2.70. The van der Waals surface area contributed by atoms with Gasteiger partial charge in [0.25, 0.3) is 0 Å². The summed E-state index contributed by atoms with van der Waals surface area (Å²) >= 11 is 1.51. The van der Waals surface area contributed by atoms with E-state index in [1.54, 1.807) is 18.2 Å². The molecule has 1 atom stereocenters. The van der Waals surface area contributed by atoms with Gasteiger partial charge in [-0.1, -0.05) is 18.2 Å². The van der Waals surface area contributed by atoms with Crippen LogP contribution < -0.4 is 19.5 Å². The van der Waals surface area contributed by atoms with E-state index in [1.807, 2.05) is 6.26 Å². The van der Waals surface area contributed by atoms with Crippen molar-refractivity contribution < 1.29 is 27.1 Å². The first-order chi connectivity index (χ1) is 14.9. The van der Waals surface area contributed by atoms with Gasteiger partial charge in [0.1, 0.15) is 25.1 Å². The normalized spacial score (nSPS) is 14.1. The molecule has 0 bridgehead atoms. The van der Waals surface area contributed by atoms with Gasteiger partial charge < -0.3 is 14.8 Å². The van der Waals surface area contributed by atoms with E-state index in [0.29, 0.717) is 48.9 Å². The third-order valence-corrected chi connectivity index (χ3v) is 6.81. The monoisotopic (exact) mass is 468 g/mol. The lowest BCUT2D eigenvalue weighted by atomic mass is 10.1. The molecule has 1 unspecified atom stereocenters. The molecule has 1 amide bonds. The summed E-state index contributed by atoms with van der Waals surface area (Å²) in [6.45, 7) is 0.938. The van der Waals surface area contributed by atoms with Crippen molar-refractivity contribution in [3.63, 3.8) is 0 Å². The Hall–Kier alpha value is -2.30. The van der Waals surface area contributed by atoms with Crippen LogP contribution >= 0.6 is 11.8 Å². The molecule has 0 saturated heterocycles. The maximum absolute atomic E-state index is 13.7. The van der Waals surface area contributed by atoms with Crippen LogP contribution in [-0.4, -0.2) is 52.1 Å². The van der Waals surface area contributed by atoms with E-state index in [2.05, 4.69) is 10.0 Å². The van der Waals surface area contributed by atoms with Gasteiger partial charge in [0, 0.05) is 12.6 Å². The Morgan fingerprint density at radius 1 is 1.16 bits per heavy atom. The maximum Gasteiger partial charge on any atom is 0.241 e. The summed E-state index contributed by atoms with van der Waals surface area (Å²) < 4.78 is 52.9. The number of carbonyl (C=O) groups is 1. The van der Waals surface area contributed by atoms with Crippen LogP contribution in [0.4, 0.5) is 4.39 Å². The van der Waals surface area contributed by atoms with Crippen molar-refractivity contribution in [1.29, 1.82) is 0 Å². The number of benzene rings is 2. The van der Waals surface area contributed by atoms with Crippen LogP contribution in [0.15, 0.2) is 47.4 Å². The first kappa shape index (κ1) is 23.4. The van der Waals surface area contributed by atoms with Crippen molar-refractivity contribution in [3.8, 4) is 11.5 Å². The van der Waals surface area contributed by atoms with Gasteiger partial charge in [-0.2, -0.15) is 16.5 Å². The highest BCUT2D eigenvalue weighted by molar-refractivity contribution is 7.98. The highest BCUT2D eigenvalue weighted by atomic mass is 32.2. The molecule has 1 aliphatic heterocycles. The molecule has 168 valence electrons. The highest BCUT2D eigenvalue weighted by Crippen LogP contribution is 2.32. The molecule has 0 aromatic heterocycles. The number of thioether (sulfide) groups is 1. The van der Waals surface area contributed by atoms with Gasteiger partial charge in [0.2, 0.25) is 15.9 Å². The lowest BCUT2D eigenvalue weighted by molar-refractivity contribution is -0.122. The Kier molecular flexibility index (Phi) is 8.16. The molecule has 2 aromatic carbocycles. The van der Waals surface area contributed by atoms with E-state index in [-0.39, 0.29) is 17.3 Å². The molecule has 1 heterocycles. The third-order valence-electron chi connectivity index (χ3n) is 4.70. The minimum absolute atomic E-state index is 0.00921. The minimum atomic E-state index is -3.97. The van der Waals surface area contributed by atoms with Crippen molar-refractivity contribution >= 4 is 27.7 Å². The zero-order valence-corrected chi connectivity index (χ0v) is 18.7. The van der Waals surface area contributed by atoms with Crippen molar-refractivity contribution in [1.82, 2.24) is 10.0 Å². The number of carbonyl (C=O) groups excluding carboxylic acids is 1. The molecular weight excluding hydrogens is 443 g/mol. The molecule has 2 N–H and O–H groups in total. The lowest BCUT2D eigenvalue weighted by Gasteiger charge is -2.21. The first-order valence-corrected chi connectivity index (χ1v) is 12.7. The Morgan fingerprint density at radius 2 is 1.90 bits per heavy atom. The topological polar surface area (TPSA) is 93.7 Å². The zero-order valence-electron chi connectivity index (χ0n) is 17.1. The minimum Gasteiger partial charge on any atom is -0.486 e. The van der Waals surface area contributed by atoms with Crippen LogP contribution in [0.1, 0.15) is 12.0 Å². The summed E-state index contributed by atoms with van der Waals surface area (Å²) in [6, 6.07) is 9.72. The second-order valence-electron chi connectivity index (χ2n) is 6.89. The van der Waals surface area contributed by atoms with Crippen LogP contribution in [0.3, 0.4) is 0 Å². The van der Waals surface area contributed by atoms with Crippen molar-refractivity contribution in [2.45, 2.75) is 23.8 Å². The average Bonchev–Trinajstić information content (AvgIpc) is 2.77. The van der Waals surface area contributed by atoms with Crippen molar-refractivity contribution in [2.75, 3.05) is 31.8 Å². The molecule has 0 spiro atoms. The molecule has 0 radical (unpaired) electrons. The van der Waals surface area contributed by atoms with Crippen LogP contribution in [0.25, 0.3) is 0 Å². The Morgan fingerprint density at radius 3 is 2.65 bits per heavy atom. The van der Waals surface area contributed by atoms with E-state index in [4.69, 9.17) is 9.47 Å². The molecule has 31 heavy (non-hydrogen) atoms. The van der Waals surface area contributed by atoms with Gasteiger partial charge in [0.15, 0.2) is 11.5 Å². The Bertz CT molecular complexity index is 1020. The molecule has 7 nitrogen and oxygen atoms in total. The summed E-state index contributed by atoms with van der Waals surface area (Å²) in [5.41, 5.74) is 0.486.